The van der Waals surface area contributed by atoms with Crippen molar-refractivity contribution in [1.82, 2.24) is 9.55 Å². The Labute approximate surface area is 145 Å². The molecule has 0 aliphatic heterocycles. The number of rotatable bonds is 5. The lowest BCUT2D eigenvalue weighted by Crippen LogP contribution is -2.16. The summed E-state index contributed by atoms with van der Waals surface area (Å²) < 4.78 is 6.44. The van der Waals surface area contributed by atoms with E-state index in [0.29, 0.717) is 6.54 Å². The van der Waals surface area contributed by atoms with Crippen LogP contribution in [0.3, 0.4) is 0 Å². The lowest BCUT2D eigenvalue weighted by Gasteiger charge is -2.10. The molecular weight excluding hydrogens is 318 g/mol. The molecule has 0 bridgehead atoms. The number of imidazole rings is 1. The van der Waals surface area contributed by atoms with Crippen molar-refractivity contribution in [2.24, 2.45) is 0 Å². The molecule has 0 aliphatic carbocycles. The quantitative estimate of drug-likeness (QED) is 0.742. The van der Waals surface area contributed by atoms with Gasteiger partial charge >= 0.3 is 6.09 Å². The molecule has 0 spiro atoms. The van der Waals surface area contributed by atoms with Crippen molar-refractivity contribution >= 4 is 12.0 Å². The van der Waals surface area contributed by atoms with E-state index in [1.807, 2.05) is 61.5 Å². The summed E-state index contributed by atoms with van der Waals surface area (Å²) in [5.41, 5.74) is 3.09. The van der Waals surface area contributed by atoms with Crippen molar-refractivity contribution in [2.75, 3.05) is 5.32 Å². The Balaban J connectivity index is 1.67. The van der Waals surface area contributed by atoms with Gasteiger partial charge in [0.15, 0.2) is 0 Å². The van der Waals surface area contributed by atoms with Crippen LogP contribution < -0.4 is 5.32 Å². The second kappa shape index (κ2) is 7.53. The van der Waals surface area contributed by atoms with E-state index in [2.05, 4.69) is 10.3 Å². The van der Waals surface area contributed by atoms with Crippen molar-refractivity contribution in [3.8, 4) is 5.88 Å². The zero-order chi connectivity index (χ0) is 17.6. The van der Waals surface area contributed by atoms with Crippen LogP contribution in [0.5, 0.6) is 5.88 Å². The first-order valence-electron chi connectivity index (χ1n) is 7.91. The van der Waals surface area contributed by atoms with Crippen LogP contribution in [0.25, 0.3) is 0 Å². The minimum absolute atomic E-state index is 0.149. The zero-order valence-electron chi connectivity index (χ0n) is 13.8. The predicted molar refractivity (Wildman–Crippen MR) is 94.4 cm³/mol. The molecule has 0 unspecified atom stereocenters. The number of aryl methyl sites for hydroxylation is 1. The molecule has 3 rings (SSSR count). The van der Waals surface area contributed by atoms with Gasteiger partial charge in [-0.25, -0.2) is 9.36 Å². The Morgan fingerprint density at radius 2 is 1.88 bits per heavy atom. The molecule has 1 heterocycles. The van der Waals surface area contributed by atoms with Gasteiger partial charge in [-0.3, -0.25) is 0 Å². The van der Waals surface area contributed by atoms with E-state index in [9.17, 15) is 9.90 Å². The minimum Gasteiger partial charge on any atom is -0.492 e. The van der Waals surface area contributed by atoms with E-state index in [4.69, 9.17) is 4.74 Å². The summed E-state index contributed by atoms with van der Waals surface area (Å²) in [7, 11) is 0. The number of hydrogen-bond acceptors (Lipinski definition) is 5. The summed E-state index contributed by atoms with van der Waals surface area (Å²) in [5, 5.41) is 12.7. The molecule has 0 aliphatic rings. The highest BCUT2D eigenvalue weighted by atomic mass is 16.5. The standard InChI is InChI=1S/C19H19N3O3/c1-14-7-5-6-10-16(14)11-20-18-21-17(23)12-22(18)19(24)25-13-15-8-3-2-4-9-15/h2-10,12,23H,11,13H2,1H3,(H,20,21). The Hall–Kier alpha value is -3.28. The average Bonchev–Trinajstić information content (AvgIpc) is 3.01. The zero-order valence-corrected chi connectivity index (χ0v) is 13.8. The lowest BCUT2D eigenvalue weighted by atomic mass is 10.1. The summed E-state index contributed by atoms with van der Waals surface area (Å²) in [5.74, 6) is -0.0113. The molecule has 2 aromatic carbocycles. The van der Waals surface area contributed by atoms with E-state index in [-0.39, 0.29) is 18.4 Å². The lowest BCUT2D eigenvalue weighted by molar-refractivity contribution is 0.141. The van der Waals surface area contributed by atoms with E-state index < -0.39 is 6.09 Å². The van der Waals surface area contributed by atoms with E-state index in [1.54, 1.807) is 0 Å². The summed E-state index contributed by atoms with van der Waals surface area (Å²) >= 11 is 0. The van der Waals surface area contributed by atoms with Crippen LogP contribution >= 0.6 is 0 Å². The molecule has 1 aromatic heterocycles. The first-order chi connectivity index (χ1) is 12.1. The summed E-state index contributed by atoms with van der Waals surface area (Å²) in [6.07, 6.45) is 0.622. The third kappa shape index (κ3) is 4.17. The Bertz CT molecular complexity index is 859. The van der Waals surface area contributed by atoms with Gasteiger partial charge in [-0.2, -0.15) is 4.98 Å². The Morgan fingerprint density at radius 3 is 2.64 bits per heavy atom. The second-order valence-electron chi connectivity index (χ2n) is 5.61. The molecule has 0 saturated heterocycles. The normalized spacial score (nSPS) is 10.4. The molecule has 0 fully saturated rings. The average molecular weight is 337 g/mol. The maximum absolute atomic E-state index is 12.3. The maximum Gasteiger partial charge on any atom is 0.421 e. The largest absolute Gasteiger partial charge is 0.492 e. The predicted octanol–water partition coefficient (Wildman–Crippen LogP) is 3.69. The molecule has 25 heavy (non-hydrogen) atoms. The van der Waals surface area contributed by atoms with Crippen LogP contribution in [-0.2, 0) is 17.9 Å². The number of aromatic hydroxyl groups is 1. The topological polar surface area (TPSA) is 76.4 Å². The van der Waals surface area contributed by atoms with Crippen LogP contribution in [-0.4, -0.2) is 20.8 Å². The van der Waals surface area contributed by atoms with Crippen molar-refractivity contribution in [1.29, 1.82) is 0 Å². The third-order valence-corrected chi connectivity index (χ3v) is 3.79. The highest BCUT2D eigenvalue weighted by molar-refractivity contribution is 5.74. The number of anilines is 1. The van der Waals surface area contributed by atoms with Gasteiger partial charge < -0.3 is 15.2 Å². The van der Waals surface area contributed by atoms with Crippen LogP contribution in [0.2, 0.25) is 0 Å². The summed E-state index contributed by atoms with van der Waals surface area (Å²) in [4.78, 5) is 16.2. The van der Waals surface area contributed by atoms with Crippen LogP contribution in [0.4, 0.5) is 10.7 Å². The highest BCUT2D eigenvalue weighted by Crippen LogP contribution is 2.17. The number of hydrogen-bond donors (Lipinski definition) is 2. The fourth-order valence-electron chi connectivity index (χ4n) is 2.40. The van der Waals surface area contributed by atoms with Gasteiger partial charge in [-0.1, -0.05) is 54.6 Å². The smallest absolute Gasteiger partial charge is 0.421 e. The van der Waals surface area contributed by atoms with Gasteiger partial charge in [-0.15, -0.1) is 0 Å². The fraction of sp³-hybridized carbons (Fsp3) is 0.158. The molecule has 0 amide bonds. The molecule has 6 heteroatoms. The molecule has 6 nitrogen and oxygen atoms in total. The fourth-order valence-corrected chi connectivity index (χ4v) is 2.40. The summed E-state index contributed by atoms with van der Waals surface area (Å²) in [6, 6.07) is 17.3. The number of nitrogens with one attached hydrogen (secondary N) is 1. The number of nitrogens with zero attached hydrogens (tertiary/aromatic N) is 2. The monoisotopic (exact) mass is 337 g/mol. The number of carbonyl (C=O) groups excluding carboxylic acids is 1. The van der Waals surface area contributed by atoms with E-state index in [0.717, 1.165) is 21.3 Å². The maximum atomic E-state index is 12.3. The Kier molecular flexibility index (Phi) is 4.99. The van der Waals surface area contributed by atoms with Gasteiger partial charge in [0.05, 0.1) is 6.20 Å². The van der Waals surface area contributed by atoms with Gasteiger partial charge in [-0.05, 0) is 23.6 Å². The molecule has 2 N–H and O–H groups in total. The second-order valence-corrected chi connectivity index (χ2v) is 5.61. The Morgan fingerprint density at radius 1 is 1.16 bits per heavy atom. The third-order valence-electron chi connectivity index (χ3n) is 3.79. The van der Waals surface area contributed by atoms with E-state index >= 15 is 0 Å². The molecular formula is C19H19N3O3. The van der Waals surface area contributed by atoms with Gasteiger partial charge in [0.1, 0.15) is 6.61 Å². The summed E-state index contributed by atoms with van der Waals surface area (Å²) in [6.45, 7) is 2.64. The first kappa shape index (κ1) is 16.6. The first-order valence-corrected chi connectivity index (χ1v) is 7.91. The number of ether oxygens (including phenoxy) is 1. The van der Waals surface area contributed by atoms with Gasteiger partial charge in [0.25, 0.3) is 0 Å². The SMILES string of the molecule is Cc1ccccc1CNc1nc(O)cn1C(=O)OCc1ccccc1. The number of carbonyl (C=O) groups is 1. The molecule has 128 valence electrons. The van der Waals surface area contributed by atoms with Crippen LogP contribution in [0, 0.1) is 6.92 Å². The number of aromatic nitrogens is 2. The van der Waals surface area contributed by atoms with Gasteiger partial charge in [0, 0.05) is 6.54 Å². The van der Waals surface area contributed by atoms with Crippen molar-refractivity contribution in [3.63, 3.8) is 0 Å². The minimum atomic E-state index is -0.607. The van der Waals surface area contributed by atoms with Crippen LogP contribution in [0.15, 0.2) is 60.8 Å². The number of benzene rings is 2. The van der Waals surface area contributed by atoms with Crippen molar-refractivity contribution in [3.05, 3.63) is 77.5 Å². The van der Waals surface area contributed by atoms with Crippen molar-refractivity contribution in [2.45, 2.75) is 20.1 Å². The van der Waals surface area contributed by atoms with Crippen LogP contribution in [0.1, 0.15) is 16.7 Å². The molecule has 0 atom stereocenters. The highest BCUT2D eigenvalue weighted by Gasteiger charge is 2.15. The molecule has 3 aromatic rings. The molecule has 0 radical (unpaired) electrons. The van der Waals surface area contributed by atoms with E-state index in [1.165, 1.54) is 6.20 Å². The molecule has 0 saturated carbocycles. The van der Waals surface area contributed by atoms with Crippen molar-refractivity contribution < 1.29 is 14.6 Å². The van der Waals surface area contributed by atoms with Gasteiger partial charge in [0.2, 0.25) is 11.8 Å².